The largest absolute Gasteiger partial charge is 0.385 e. The first-order valence-electron chi connectivity index (χ1n) is 9.51. The molecule has 0 radical (unpaired) electrons. The highest BCUT2D eigenvalue weighted by Gasteiger charge is 2.22. The van der Waals surface area contributed by atoms with Crippen LogP contribution >= 0.6 is 0 Å². The standard InChI is InChI=1S/C19H30N4O4/c1-3-20-19(21-15-16-7-4-5-8-18(16)23(24)25)22-11-9-17(10-12-22)27-14-6-13-26-2/h4-5,7-8,17H,3,6,9-15H2,1-2H3,(H,20,21). The van der Waals surface area contributed by atoms with Gasteiger partial charge in [0.2, 0.25) is 0 Å². The Kier molecular flexibility index (Phi) is 9.00. The van der Waals surface area contributed by atoms with Crippen molar-refractivity contribution in [1.29, 1.82) is 0 Å². The van der Waals surface area contributed by atoms with E-state index in [0.717, 1.165) is 58.1 Å². The van der Waals surface area contributed by atoms with Crippen LogP contribution in [0.5, 0.6) is 0 Å². The number of nitro groups is 1. The van der Waals surface area contributed by atoms with Crippen LogP contribution in [0.25, 0.3) is 0 Å². The van der Waals surface area contributed by atoms with Crippen LogP contribution in [0.4, 0.5) is 5.69 Å². The first-order valence-corrected chi connectivity index (χ1v) is 9.51. The summed E-state index contributed by atoms with van der Waals surface area (Å²) in [5, 5.41) is 14.5. The van der Waals surface area contributed by atoms with E-state index in [4.69, 9.17) is 9.47 Å². The van der Waals surface area contributed by atoms with Crippen molar-refractivity contribution in [1.82, 2.24) is 10.2 Å². The molecule has 1 heterocycles. The van der Waals surface area contributed by atoms with Gasteiger partial charge in [0.05, 0.1) is 23.1 Å². The fraction of sp³-hybridized carbons (Fsp3) is 0.632. The maximum atomic E-state index is 11.2. The first-order chi connectivity index (χ1) is 13.2. The number of para-hydroxylation sites is 1. The molecule has 2 rings (SSSR count). The lowest BCUT2D eigenvalue weighted by atomic mass is 10.1. The van der Waals surface area contributed by atoms with Crippen molar-refractivity contribution >= 4 is 11.6 Å². The molecule has 0 bridgehead atoms. The number of aliphatic imine (C=N–C) groups is 1. The lowest BCUT2D eigenvalue weighted by molar-refractivity contribution is -0.385. The van der Waals surface area contributed by atoms with Gasteiger partial charge in [-0.15, -0.1) is 0 Å². The van der Waals surface area contributed by atoms with E-state index >= 15 is 0 Å². The zero-order valence-corrected chi connectivity index (χ0v) is 16.2. The topological polar surface area (TPSA) is 89.2 Å². The summed E-state index contributed by atoms with van der Waals surface area (Å²) in [6.07, 6.45) is 3.08. The molecule has 0 saturated carbocycles. The summed E-state index contributed by atoms with van der Waals surface area (Å²) in [5.41, 5.74) is 0.731. The predicted molar refractivity (Wildman–Crippen MR) is 105 cm³/mol. The molecule has 0 atom stereocenters. The molecule has 0 aromatic heterocycles. The van der Waals surface area contributed by atoms with Gasteiger partial charge in [-0.1, -0.05) is 18.2 Å². The number of ether oxygens (including phenoxy) is 2. The Morgan fingerprint density at radius 3 is 2.74 bits per heavy atom. The Balaban J connectivity index is 1.92. The maximum Gasteiger partial charge on any atom is 0.274 e. The number of rotatable bonds is 9. The highest BCUT2D eigenvalue weighted by molar-refractivity contribution is 5.80. The van der Waals surface area contributed by atoms with Crippen LogP contribution in [0.2, 0.25) is 0 Å². The highest BCUT2D eigenvalue weighted by atomic mass is 16.6. The Bertz CT molecular complexity index is 615. The Morgan fingerprint density at radius 1 is 1.33 bits per heavy atom. The average molecular weight is 378 g/mol. The van der Waals surface area contributed by atoms with Gasteiger partial charge in [-0.3, -0.25) is 10.1 Å². The summed E-state index contributed by atoms with van der Waals surface area (Å²) in [7, 11) is 1.70. The number of guanidine groups is 1. The van der Waals surface area contributed by atoms with Gasteiger partial charge in [-0.2, -0.15) is 0 Å². The normalized spacial score (nSPS) is 15.8. The number of nitrogens with one attached hydrogen (secondary N) is 1. The van der Waals surface area contributed by atoms with E-state index in [0.29, 0.717) is 5.56 Å². The minimum atomic E-state index is -0.357. The van der Waals surface area contributed by atoms with Gasteiger partial charge in [0.25, 0.3) is 5.69 Å². The van der Waals surface area contributed by atoms with Gasteiger partial charge in [0.1, 0.15) is 0 Å². The van der Waals surface area contributed by atoms with E-state index in [-0.39, 0.29) is 23.3 Å². The third kappa shape index (κ3) is 6.80. The molecule has 1 aromatic carbocycles. The summed E-state index contributed by atoms with van der Waals surface area (Å²) in [4.78, 5) is 17.6. The lowest BCUT2D eigenvalue weighted by Gasteiger charge is -2.34. The molecular weight excluding hydrogens is 348 g/mol. The van der Waals surface area contributed by atoms with Crippen molar-refractivity contribution in [2.24, 2.45) is 4.99 Å². The van der Waals surface area contributed by atoms with Gasteiger partial charge in [0, 0.05) is 46.0 Å². The highest BCUT2D eigenvalue weighted by Crippen LogP contribution is 2.19. The number of hydrogen-bond acceptors (Lipinski definition) is 5. The van der Waals surface area contributed by atoms with E-state index in [9.17, 15) is 10.1 Å². The van der Waals surface area contributed by atoms with Crippen LogP contribution in [-0.2, 0) is 16.0 Å². The Labute approximate surface area is 160 Å². The molecule has 0 amide bonds. The number of piperidine rings is 1. The molecule has 0 unspecified atom stereocenters. The molecule has 150 valence electrons. The third-order valence-electron chi connectivity index (χ3n) is 4.51. The zero-order chi connectivity index (χ0) is 19.5. The second-order valence-corrected chi connectivity index (χ2v) is 6.46. The van der Waals surface area contributed by atoms with Gasteiger partial charge >= 0.3 is 0 Å². The van der Waals surface area contributed by atoms with Crippen molar-refractivity contribution < 1.29 is 14.4 Å². The number of hydrogen-bond donors (Lipinski definition) is 1. The zero-order valence-electron chi connectivity index (χ0n) is 16.2. The van der Waals surface area contributed by atoms with Crippen molar-refractivity contribution in [3.05, 3.63) is 39.9 Å². The molecule has 1 aliphatic heterocycles. The van der Waals surface area contributed by atoms with Crippen LogP contribution in [0, 0.1) is 10.1 Å². The van der Waals surface area contributed by atoms with E-state index in [2.05, 4.69) is 15.2 Å². The molecule has 1 N–H and O–H groups in total. The maximum absolute atomic E-state index is 11.2. The predicted octanol–water partition coefficient (Wildman–Crippen LogP) is 2.58. The summed E-state index contributed by atoms with van der Waals surface area (Å²) in [6, 6.07) is 6.75. The number of methoxy groups -OCH3 is 1. The van der Waals surface area contributed by atoms with Crippen molar-refractivity contribution in [2.45, 2.75) is 38.8 Å². The molecule has 1 saturated heterocycles. The molecule has 1 fully saturated rings. The SMILES string of the molecule is CCNC(=NCc1ccccc1[N+](=O)[O-])N1CCC(OCCCOC)CC1. The number of nitrogens with zero attached hydrogens (tertiary/aromatic N) is 3. The molecule has 1 aromatic rings. The number of likely N-dealkylation sites (tertiary alicyclic amines) is 1. The molecule has 0 spiro atoms. The minimum absolute atomic E-state index is 0.111. The van der Waals surface area contributed by atoms with Gasteiger partial charge in [0.15, 0.2) is 5.96 Å². The fourth-order valence-electron chi connectivity index (χ4n) is 3.10. The number of nitro benzene ring substituents is 1. The smallest absolute Gasteiger partial charge is 0.274 e. The molecular formula is C19H30N4O4. The van der Waals surface area contributed by atoms with Crippen molar-refractivity contribution in [3.63, 3.8) is 0 Å². The second kappa shape index (κ2) is 11.5. The summed E-state index contributed by atoms with van der Waals surface area (Å²) < 4.78 is 10.9. The Hall–Kier alpha value is -2.19. The third-order valence-corrected chi connectivity index (χ3v) is 4.51. The van der Waals surface area contributed by atoms with Gasteiger partial charge in [-0.05, 0) is 26.2 Å². The van der Waals surface area contributed by atoms with Crippen molar-refractivity contribution in [2.75, 3.05) is 40.0 Å². The quantitative estimate of drug-likeness (QED) is 0.234. The van der Waals surface area contributed by atoms with E-state index in [1.54, 1.807) is 25.3 Å². The molecule has 8 heteroatoms. The van der Waals surface area contributed by atoms with E-state index < -0.39 is 0 Å². The van der Waals surface area contributed by atoms with Crippen LogP contribution in [-0.4, -0.2) is 61.8 Å². The fourth-order valence-corrected chi connectivity index (χ4v) is 3.10. The summed E-state index contributed by atoms with van der Waals surface area (Å²) in [6.45, 7) is 6.23. The summed E-state index contributed by atoms with van der Waals surface area (Å²) in [5.74, 6) is 0.800. The monoisotopic (exact) mass is 378 g/mol. The summed E-state index contributed by atoms with van der Waals surface area (Å²) >= 11 is 0. The van der Waals surface area contributed by atoms with Gasteiger partial charge < -0.3 is 19.7 Å². The Morgan fingerprint density at radius 2 is 2.07 bits per heavy atom. The van der Waals surface area contributed by atoms with E-state index in [1.165, 1.54) is 6.07 Å². The van der Waals surface area contributed by atoms with Crippen LogP contribution in [0.15, 0.2) is 29.3 Å². The molecule has 27 heavy (non-hydrogen) atoms. The van der Waals surface area contributed by atoms with Crippen LogP contribution in [0.3, 0.4) is 0 Å². The second-order valence-electron chi connectivity index (χ2n) is 6.46. The van der Waals surface area contributed by atoms with Crippen LogP contribution in [0.1, 0.15) is 31.7 Å². The van der Waals surface area contributed by atoms with Crippen LogP contribution < -0.4 is 5.32 Å². The molecule has 0 aliphatic carbocycles. The number of benzene rings is 1. The van der Waals surface area contributed by atoms with Gasteiger partial charge in [-0.25, -0.2) is 4.99 Å². The lowest BCUT2D eigenvalue weighted by Crippen LogP contribution is -2.47. The van der Waals surface area contributed by atoms with E-state index in [1.807, 2.05) is 6.92 Å². The molecule has 8 nitrogen and oxygen atoms in total. The minimum Gasteiger partial charge on any atom is -0.385 e. The average Bonchev–Trinajstić information content (AvgIpc) is 2.69. The first kappa shape index (κ1) is 21.1. The van der Waals surface area contributed by atoms with Crippen molar-refractivity contribution in [3.8, 4) is 0 Å². The molecule has 1 aliphatic rings.